The maximum Gasteiger partial charge on any atom is 0.238 e. The fourth-order valence-corrected chi connectivity index (χ4v) is 4.40. The minimum Gasteiger partial charge on any atom is -0.497 e. The van der Waals surface area contributed by atoms with Crippen LogP contribution in [0.15, 0.2) is 53.4 Å². The van der Waals surface area contributed by atoms with Crippen molar-refractivity contribution < 1.29 is 22.7 Å². The second-order valence-electron chi connectivity index (χ2n) is 7.93. The number of aromatic nitrogens is 1. The van der Waals surface area contributed by atoms with Gasteiger partial charge in [-0.1, -0.05) is 6.07 Å². The van der Waals surface area contributed by atoms with Crippen molar-refractivity contribution in [3.8, 4) is 17.2 Å². The van der Waals surface area contributed by atoms with Gasteiger partial charge in [0.05, 0.1) is 25.7 Å². The molecule has 0 fully saturated rings. The van der Waals surface area contributed by atoms with Crippen LogP contribution in [0.25, 0.3) is 5.69 Å². The first-order valence-corrected chi connectivity index (χ1v) is 11.8. The zero-order chi connectivity index (χ0) is 24.3. The van der Waals surface area contributed by atoms with E-state index in [1.54, 1.807) is 26.4 Å². The van der Waals surface area contributed by atoms with Gasteiger partial charge in [-0.15, -0.1) is 0 Å². The Labute approximate surface area is 194 Å². The molecule has 176 valence electrons. The van der Waals surface area contributed by atoms with Crippen LogP contribution < -0.4 is 14.6 Å². The highest BCUT2D eigenvalue weighted by molar-refractivity contribution is 7.89. The van der Waals surface area contributed by atoms with Crippen LogP contribution in [0.3, 0.4) is 0 Å². The van der Waals surface area contributed by atoms with Gasteiger partial charge in [0.2, 0.25) is 10.0 Å². The van der Waals surface area contributed by atoms with Crippen LogP contribution in [0.1, 0.15) is 27.3 Å². The predicted molar refractivity (Wildman–Crippen MR) is 127 cm³/mol. The Kier molecular flexibility index (Phi) is 7.26. The first kappa shape index (κ1) is 24.5. The van der Waals surface area contributed by atoms with Crippen LogP contribution in [0.5, 0.6) is 11.5 Å². The van der Waals surface area contributed by atoms with Gasteiger partial charge in [-0.25, -0.2) is 13.6 Å². The Morgan fingerprint density at radius 1 is 1.03 bits per heavy atom. The highest BCUT2D eigenvalue weighted by atomic mass is 32.2. The van der Waals surface area contributed by atoms with Crippen LogP contribution in [0.4, 0.5) is 0 Å². The van der Waals surface area contributed by atoms with Gasteiger partial charge >= 0.3 is 0 Å². The largest absolute Gasteiger partial charge is 0.497 e. The molecular formula is C24H29N3O5S. The Bertz CT molecular complexity index is 1260. The highest BCUT2D eigenvalue weighted by Crippen LogP contribution is 2.26. The Morgan fingerprint density at radius 3 is 2.27 bits per heavy atom. The van der Waals surface area contributed by atoms with E-state index in [-0.39, 0.29) is 17.2 Å². The molecule has 8 nitrogen and oxygen atoms in total. The molecule has 0 amide bonds. The number of benzene rings is 2. The highest BCUT2D eigenvalue weighted by Gasteiger charge is 2.19. The van der Waals surface area contributed by atoms with Gasteiger partial charge in [-0.05, 0) is 57.3 Å². The molecule has 2 N–H and O–H groups in total. The lowest BCUT2D eigenvalue weighted by Crippen LogP contribution is -2.26. The second kappa shape index (κ2) is 9.78. The zero-order valence-electron chi connectivity index (χ0n) is 19.5. The summed E-state index contributed by atoms with van der Waals surface area (Å²) in [5, 5.41) is 5.19. The minimum atomic E-state index is -3.76. The molecule has 0 saturated carbocycles. The van der Waals surface area contributed by atoms with Crippen molar-refractivity contribution in [3.63, 3.8) is 0 Å². The zero-order valence-corrected chi connectivity index (χ0v) is 20.3. The van der Waals surface area contributed by atoms with Crippen molar-refractivity contribution in [3.05, 3.63) is 71.0 Å². The molecule has 33 heavy (non-hydrogen) atoms. The number of hydrogen-bond acceptors (Lipinski definition) is 6. The number of primary sulfonamides is 1. The number of sulfonamides is 1. The van der Waals surface area contributed by atoms with E-state index in [1.807, 2.05) is 54.6 Å². The molecule has 0 spiro atoms. The number of nitrogens with two attached hydrogens (primary N) is 1. The average molecular weight is 472 g/mol. The predicted octanol–water partition coefficient (Wildman–Crippen LogP) is 3.07. The third kappa shape index (κ3) is 5.44. The molecule has 0 saturated heterocycles. The molecule has 0 aliphatic heterocycles. The number of ketones is 1. The van der Waals surface area contributed by atoms with Crippen LogP contribution in [0.2, 0.25) is 0 Å². The maximum absolute atomic E-state index is 13.1. The average Bonchev–Trinajstić information content (AvgIpc) is 3.07. The third-order valence-corrected chi connectivity index (χ3v) is 6.43. The third-order valence-electron chi connectivity index (χ3n) is 5.50. The van der Waals surface area contributed by atoms with Crippen LogP contribution >= 0.6 is 0 Å². The molecule has 1 heterocycles. The van der Waals surface area contributed by atoms with E-state index in [1.165, 1.54) is 12.1 Å². The lowest BCUT2D eigenvalue weighted by molar-refractivity contribution is 0.0942. The summed E-state index contributed by atoms with van der Waals surface area (Å²) in [6.07, 6.45) is 0. The number of likely N-dealkylation sites (N-methyl/N-ethyl adjacent to an activating group) is 1. The first-order chi connectivity index (χ1) is 15.5. The summed E-state index contributed by atoms with van der Waals surface area (Å²) >= 11 is 0. The maximum atomic E-state index is 13.1. The van der Waals surface area contributed by atoms with Crippen molar-refractivity contribution in [2.24, 2.45) is 5.14 Å². The number of ether oxygens (including phenoxy) is 2. The van der Waals surface area contributed by atoms with Gasteiger partial charge in [0.15, 0.2) is 5.78 Å². The van der Waals surface area contributed by atoms with Gasteiger partial charge in [-0.3, -0.25) is 9.69 Å². The minimum absolute atomic E-state index is 0.00881. The Hall–Kier alpha value is -3.14. The number of hydrogen-bond donors (Lipinski definition) is 1. The Morgan fingerprint density at radius 2 is 1.70 bits per heavy atom. The number of methoxy groups -OCH3 is 2. The summed E-state index contributed by atoms with van der Waals surface area (Å²) in [5.41, 5.74) is 3.99. The molecule has 0 atom stereocenters. The van der Waals surface area contributed by atoms with Crippen molar-refractivity contribution in [2.75, 3.05) is 27.8 Å². The van der Waals surface area contributed by atoms with Crippen molar-refractivity contribution >= 4 is 15.8 Å². The fraction of sp³-hybridized carbons (Fsp3) is 0.292. The lowest BCUT2D eigenvalue weighted by atomic mass is 10.1. The number of carbonyl (C=O) groups is 1. The Balaban J connectivity index is 1.79. The van der Waals surface area contributed by atoms with Crippen LogP contribution in [0, 0.1) is 13.8 Å². The van der Waals surface area contributed by atoms with E-state index in [0.29, 0.717) is 23.6 Å². The standard InChI is InChI=1S/C24H29N3O5S/c1-16-12-22(17(2)27(16)19-7-10-21(11-8-19)33(25,29)30)23(28)15-26(3)14-18-6-9-20(31-4)13-24(18)32-5/h6-13H,14-15H2,1-5H3,(H2,25,29,30). The molecule has 0 aliphatic rings. The molecule has 0 radical (unpaired) electrons. The van der Waals surface area contributed by atoms with Crippen LogP contribution in [-0.2, 0) is 16.6 Å². The monoisotopic (exact) mass is 471 g/mol. The molecule has 9 heteroatoms. The second-order valence-corrected chi connectivity index (χ2v) is 9.49. The molecule has 0 aliphatic carbocycles. The summed E-state index contributed by atoms with van der Waals surface area (Å²) < 4.78 is 35.7. The summed E-state index contributed by atoms with van der Waals surface area (Å²) in [6.45, 7) is 4.54. The van der Waals surface area contributed by atoms with Crippen molar-refractivity contribution in [1.29, 1.82) is 0 Å². The fourth-order valence-electron chi connectivity index (χ4n) is 3.89. The van der Waals surface area contributed by atoms with Gasteiger partial charge in [0.25, 0.3) is 0 Å². The molecule has 1 aromatic heterocycles. The number of nitrogens with zero attached hydrogens (tertiary/aromatic N) is 2. The molecule has 2 aromatic carbocycles. The van der Waals surface area contributed by atoms with E-state index in [2.05, 4.69) is 0 Å². The van der Waals surface area contributed by atoms with Gasteiger partial charge in [0, 0.05) is 40.8 Å². The van der Waals surface area contributed by atoms with E-state index in [0.717, 1.165) is 22.6 Å². The summed E-state index contributed by atoms with van der Waals surface area (Å²) in [5.74, 6) is 1.40. The van der Waals surface area contributed by atoms with Gasteiger partial charge in [-0.2, -0.15) is 0 Å². The molecule has 0 bridgehead atoms. The lowest BCUT2D eigenvalue weighted by Gasteiger charge is -2.18. The topological polar surface area (TPSA) is 104 Å². The molecular weight excluding hydrogens is 442 g/mol. The van der Waals surface area contributed by atoms with Crippen molar-refractivity contribution in [1.82, 2.24) is 9.47 Å². The van der Waals surface area contributed by atoms with Crippen LogP contribution in [-0.4, -0.2) is 51.5 Å². The first-order valence-electron chi connectivity index (χ1n) is 10.3. The summed E-state index contributed by atoms with van der Waals surface area (Å²) in [7, 11) is 1.32. The quantitative estimate of drug-likeness (QED) is 0.481. The number of rotatable bonds is 9. The molecule has 3 aromatic rings. The number of Topliss-reactive ketones (excluding diaryl/α,β-unsaturated/α-hetero) is 1. The van der Waals surface area contributed by atoms with Crippen molar-refractivity contribution in [2.45, 2.75) is 25.3 Å². The smallest absolute Gasteiger partial charge is 0.238 e. The van der Waals surface area contributed by atoms with E-state index in [9.17, 15) is 13.2 Å². The summed E-state index contributed by atoms with van der Waals surface area (Å²) in [6, 6.07) is 13.7. The summed E-state index contributed by atoms with van der Waals surface area (Å²) in [4.78, 5) is 15.1. The molecule has 3 rings (SSSR count). The van der Waals surface area contributed by atoms with Gasteiger partial charge < -0.3 is 14.0 Å². The van der Waals surface area contributed by atoms with E-state index >= 15 is 0 Å². The SMILES string of the molecule is COc1ccc(CN(C)CC(=O)c2cc(C)n(-c3ccc(S(N)(=O)=O)cc3)c2C)c(OC)c1. The van der Waals surface area contributed by atoms with E-state index < -0.39 is 10.0 Å². The normalized spacial score (nSPS) is 11.6. The number of carbonyl (C=O) groups excluding carboxylic acids is 1. The number of aryl methyl sites for hydroxylation is 1. The molecule has 0 unspecified atom stereocenters. The van der Waals surface area contributed by atoms with Gasteiger partial charge in [0.1, 0.15) is 11.5 Å². The van der Waals surface area contributed by atoms with E-state index in [4.69, 9.17) is 14.6 Å².